The molecule has 3 rings (SSSR count). The normalized spacial score (nSPS) is 11.5. The first-order chi connectivity index (χ1) is 15.7. The van der Waals surface area contributed by atoms with Gasteiger partial charge in [-0.05, 0) is 27.5 Å². The molecule has 0 atom stereocenters. The molecule has 172 valence electrons. The molecule has 0 aliphatic carbocycles. The van der Waals surface area contributed by atoms with Gasteiger partial charge < -0.3 is 19.0 Å². The fourth-order valence-electron chi connectivity index (χ4n) is 3.81. The Balaban J connectivity index is 1.89. The summed E-state index contributed by atoms with van der Waals surface area (Å²) in [6.07, 6.45) is 0. The van der Waals surface area contributed by atoms with E-state index >= 15 is 0 Å². The number of para-hydroxylation sites is 2. The zero-order valence-electron chi connectivity index (χ0n) is 19.0. The summed E-state index contributed by atoms with van der Waals surface area (Å²) in [6.45, 7) is 5.41. The Morgan fingerprint density at radius 3 is 1.58 bits per heavy atom. The molecule has 0 saturated carbocycles. The molecule has 7 heteroatoms. The first-order valence-corrected chi connectivity index (χ1v) is 12.5. The van der Waals surface area contributed by atoms with Gasteiger partial charge in [-0.2, -0.15) is 0 Å². The minimum absolute atomic E-state index is 0.248. The van der Waals surface area contributed by atoms with Gasteiger partial charge >= 0.3 is 20.3 Å². The molecule has 0 radical (unpaired) electrons. The van der Waals surface area contributed by atoms with Crippen LogP contribution >= 0.6 is 0 Å². The van der Waals surface area contributed by atoms with Crippen molar-refractivity contribution in [1.29, 1.82) is 0 Å². The summed E-state index contributed by atoms with van der Waals surface area (Å²) in [6, 6.07) is 26.3. The number of benzene rings is 3. The Hall–Kier alpha value is -3.58. The molecular formula is C26H28O6Si. The van der Waals surface area contributed by atoms with Crippen LogP contribution in [-0.2, 0) is 14.0 Å². The number of ether oxygens (including phenoxy) is 2. The van der Waals surface area contributed by atoms with Gasteiger partial charge in [0, 0.05) is 0 Å². The summed E-state index contributed by atoms with van der Waals surface area (Å²) in [5.41, 5.74) is 0. The zero-order valence-corrected chi connectivity index (χ0v) is 20.0. The lowest BCUT2D eigenvalue weighted by atomic mass is 10.2. The van der Waals surface area contributed by atoms with Gasteiger partial charge in [-0.1, -0.05) is 93.6 Å². The third-order valence-electron chi connectivity index (χ3n) is 5.23. The highest BCUT2D eigenvalue weighted by molar-refractivity contribution is 7.00. The van der Waals surface area contributed by atoms with Crippen molar-refractivity contribution >= 4 is 30.6 Å². The SMILES string of the molecule is CC(C)(C)[Si](OC(=O)COc1ccccc1OCC(=O)O)(c1ccccc1)c1ccccc1. The van der Waals surface area contributed by atoms with Gasteiger partial charge in [0.2, 0.25) is 0 Å². The average Bonchev–Trinajstić information content (AvgIpc) is 2.80. The van der Waals surface area contributed by atoms with Crippen molar-refractivity contribution < 1.29 is 28.6 Å². The summed E-state index contributed by atoms with van der Waals surface area (Å²) >= 11 is 0. The lowest BCUT2D eigenvalue weighted by Gasteiger charge is -2.42. The Morgan fingerprint density at radius 1 is 0.727 bits per heavy atom. The van der Waals surface area contributed by atoms with E-state index in [9.17, 15) is 9.59 Å². The van der Waals surface area contributed by atoms with Crippen LogP contribution in [0, 0.1) is 0 Å². The van der Waals surface area contributed by atoms with Crippen LogP contribution in [0.5, 0.6) is 11.5 Å². The van der Waals surface area contributed by atoms with Crippen LogP contribution in [0.2, 0.25) is 5.04 Å². The molecule has 6 nitrogen and oxygen atoms in total. The van der Waals surface area contributed by atoms with Crippen LogP contribution in [0.1, 0.15) is 20.8 Å². The van der Waals surface area contributed by atoms with Crippen LogP contribution in [0.3, 0.4) is 0 Å². The van der Waals surface area contributed by atoms with E-state index in [4.69, 9.17) is 19.0 Å². The van der Waals surface area contributed by atoms with Gasteiger partial charge in [0.05, 0.1) is 0 Å². The predicted molar refractivity (Wildman–Crippen MR) is 129 cm³/mol. The van der Waals surface area contributed by atoms with E-state index in [0.29, 0.717) is 0 Å². The number of hydrogen-bond donors (Lipinski definition) is 1. The minimum atomic E-state index is -3.03. The zero-order chi connectivity index (χ0) is 23.9. The highest BCUT2D eigenvalue weighted by Crippen LogP contribution is 2.37. The maximum Gasteiger partial charge on any atom is 0.341 e. The van der Waals surface area contributed by atoms with Gasteiger partial charge in [-0.25, -0.2) is 9.59 Å². The molecule has 1 N–H and O–H groups in total. The number of hydrogen-bond acceptors (Lipinski definition) is 5. The van der Waals surface area contributed by atoms with E-state index in [2.05, 4.69) is 20.8 Å². The third kappa shape index (κ3) is 5.62. The summed E-state index contributed by atoms with van der Waals surface area (Å²) in [5.74, 6) is -1.08. The Bertz CT molecular complexity index is 1040. The minimum Gasteiger partial charge on any atom is -0.507 e. The largest absolute Gasteiger partial charge is 0.507 e. The number of carbonyl (C=O) groups is 2. The molecule has 3 aromatic rings. The fourth-order valence-corrected chi connectivity index (χ4v) is 8.15. The van der Waals surface area contributed by atoms with Gasteiger partial charge in [0.25, 0.3) is 0 Å². The molecular weight excluding hydrogens is 436 g/mol. The number of aliphatic carboxylic acids is 1. The monoisotopic (exact) mass is 464 g/mol. The molecule has 0 saturated heterocycles. The number of carbonyl (C=O) groups excluding carboxylic acids is 1. The lowest BCUT2D eigenvalue weighted by Crippen LogP contribution is -2.67. The van der Waals surface area contributed by atoms with Crippen molar-refractivity contribution in [1.82, 2.24) is 0 Å². The van der Waals surface area contributed by atoms with Crippen molar-refractivity contribution in [3.63, 3.8) is 0 Å². The van der Waals surface area contributed by atoms with Gasteiger partial charge in [0.1, 0.15) is 0 Å². The molecule has 0 spiro atoms. The van der Waals surface area contributed by atoms with E-state index in [1.165, 1.54) is 0 Å². The van der Waals surface area contributed by atoms with Crippen molar-refractivity contribution in [2.45, 2.75) is 25.8 Å². The molecule has 33 heavy (non-hydrogen) atoms. The lowest BCUT2D eigenvalue weighted by molar-refractivity contribution is -0.140. The average molecular weight is 465 g/mol. The van der Waals surface area contributed by atoms with E-state index in [1.807, 2.05) is 60.7 Å². The van der Waals surface area contributed by atoms with Crippen LogP contribution < -0.4 is 19.8 Å². The third-order valence-corrected chi connectivity index (χ3v) is 10.2. The van der Waals surface area contributed by atoms with Gasteiger partial charge in [0.15, 0.2) is 24.7 Å². The van der Waals surface area contributed by atoms with Gasteiger partial charge in [-0.15, -0.1) is 0 Å². The molecule has 0 bridgehead atoms. The highest BCUT2D eigenvalue weighted by Gasteiger charge is 2.53. The van der Waals surface area contributed by atoms with Crippen LogP contribution in [-0.4, -0.2) is 38.6 Å². The molecule has 0 aliphatic rings. The maximum atomic E-state index is 13.2. The molecule has 0 unspecified atom stereocenters. The molecule has 0 aliphatic heterocycles. The highest BCUT2D eigenvalue weighted by atomic mass is 28.4. The summed E-state index contributed by atoms with van der Waals surface area (Å²) in [4.78, 5) is 24.0. The molecule has 3 aromatic carbocycles. The standard InChI is InChI=1S/C26H28O6Si/c1-26(2,3)33(20-12-6-4-7-13-20,21-14-8-5-9-15-21)32-25(29)19-31-23-17-11-10-16-22(23)30-18-24(27)28/h4-17H,18-19H2,1-3H3,(H,27,28). The smallest absolute Gasteiger partial charge is 0.341 e. The van der Waals surface area contributed by atoms with Gasteiger partial charge in [-0.3, -0.25) is 0 Å². The van der Waals surface area contributed by atoms with Crippen molar-refractivity contribution in [3.8, 4) is 11.5 Å². The second-order valence-corrected chi connectivity index (χ2v) is 12.8. The molecule has 0 amide bonds. The van der Waals surface area contributed by atoms with E-state index in [-0.39, 0.29) is 23.1 Å². The van der Waals surface area contributed by atoms with Crippen molar-refractivity contribution in [2.75, 3.05) is 13.2 Å². The number of rotatable bonds is 9. The second kappa shape index (κ2) is 10.4. The number of carboxylic acid groups (broad SMARTS) is 1. The van der Waals surface area contributed by atoms with E-state index in [1.54, 1.807) is 24.3 Å². The number of carboxylic acids is 1. The first-order valence-electron chi connectivity index (χ1n) is 10.6. The Kier molecular flexibility index (Phi) is 7.55. The van der Waals surface area contributed by atoms with E-state index < -0.39 is 26.9 Å². The Labute approximate surface area is 194 Å². The van der Waals surface area contributed by atoms with Crippen LogP contribution in [0.25, 0.3) is 0 Å². The van der Waals surface area contributed by atoms with Crippen molar-refractivity contribution in [3.05, 3.63) is 84.9 Å². The first kappa shape index (κ1) is 24.1. The molecule has 0 fully saturated rings. The molecule has 0 aromatic heterocycles. The summed E-state index contributed by atoms with van der Waals surface area (Å²) in [7, 11) is -3.03. The quantitative estimate of drug-likeness (QED) is 0.487. The van der Waals surface area contributed by atoms with Crippen molar-refractivity contribution in [2.24, 2.45) is 0 Å². The summed E-state index contributed by atoms with van der Waals surface area (Å²) in [5, 5.41) is 10.5. The maximum absolute atomic E-state index is 13.2. The molecule has 0 heterocycles. The predicted octanol–water partition coefficient (Wildman–Crippen LogP) is 3.63. The Morgan fingerprint density at radius 2 is 1.15 bits per heavy atom. The van der Waals surface area contributed by atoms with E-state index in [0.717, 1.165) is 10.4 Å². The van der Waals surface area contributed by atoms with Crippen LogP contribution in [0.4, 0.5) is 0 Å². The second-order valence-electron chi connectivity index (χ2n) is 8.56. The summed E-state index contributed by atoms with van der Waals surface area (Å²) < 4.78 is 17.3. The topological polar surface area (TPSA) is 82.1 Å². The fraction of sp³-hybridized carbons (Fsp3) is 0.231. The van der Waals surface area contributed by atoms with Crippen LogP contribution in [0.15, 0.2) is 84.9 Å².